The maximum absolute atomic E-state index is 12.7. The molecule has 0 aliphatic carbocycles. The van der Waals surface area contributed by atoms with Crippen molar-refractivity contribution in [3.8, 4) is 11.3 Å². The number of aryl methyl sites for hydroxylation is 1. The molecule has 5 aromatic rings. The Kier molecular flexibility index (Phi) is 3.98. The summed E-state index contributed by atoms with van der Waals surface area (Å²) in [6.45, 7) is 0. The van der Waals surface area contributed by atoms with Crippen LogP contribution in [0.3, 0.4) is 0 Å². The number of hydrogen-bond donors (Lipinski definition) is 1. The number of anilines is 1. The first kappa shape index (κ1) is 17.0. The number of hydrogen-bond acceptors (Lipinski definition) is 5. The SMILES string of the molecule is Cn1cc(-c2ccc3cnc(NC(=O)c4ccc5ncccc5c4)cc3n2)cn1. The highest BCUT2D eigenvalue weighted by atomic mass is 16.1. The standard InChI is InChI=1S/C22H16N6O/c1-28-13-17(12-25-28)19-7-5-16-11-24-21(10-20(16)26-19)27-22(29)15-4-6-18-14(9-15)3-2-8-23-18/h2-13H,1H3,(H,24,27,29). The number of pyridine rings is 3. The molecule has 0 atom stereocenters. The van der Waals surface area contributed by atoms with Crippen LogP contribution in [0.15, 0.2) is 73.3 Å². The highest BCUT2D eigenvalue weighted by Gasteiger charge is 2.10. The van der Waals surface area contributed by atoms with Gasteiger partial charge in [-0.05, 0) is 36.4 Å². The maximum Gasteiger partial charge on any atom is 0.256 e. The molecule has 0 aliphatic rings. The number of nitrogens with one attached hydrogen (secondary N) is 1. The van der Waals surface area contributed by atoms with E-state index in [4.69, 9.17) is 0 Å². The van der Waals surface area contributed by atoms with Crippen LogP contribution in [0.25, 0.3) is 33.1 Å². The van der Waals surface area contributed by atoms with E-state index in [-0.39, 0.29) is 5.91 Å². The summed E-state index contributed by atoms with van der Waals surface area (Å²) in [6, 6.07) is 14.8. The Hall–Kier alpha value is -4.13. The molecular weight excluding hydrogens is 364 g/mol. The third-order valence-electron chi connectivity index (χ3n) is 4.68. The largest absolute Gasteiger partial charge is 0.307 e. The Morgan fingerprint density at radius 3 is 2.76 bits per heavy atom. The molecule has 0 saturated carbocycles. The van der Waals surface area contributed by atoms with Crippen molar-refractivity contribution in [1.29, 1.82) is 0 Å². The second kappa shape index (κ2) is 6.79. The molecule has 4 heterocycles. The van der Waals surface area contributed by atoms with Gasteiger partial charge in [-0.2, -0.15) is 5.10 Å². The number of carbonyl (C=O) groups excluding carboxylic acids is 1. The lowest BCUT2D eigenvalue weighted by Gasteiger charge is -2.07. The van der Waals surface area contributed by atoms with Crippen LogP contribution >= 0.6 is 0 Å². The monoisotopic (exact) mass is 380 g/mol. The van der Waals surface area contributed by atoms with Crippen molar-refractivity contribution in [1.82, 2.24) is 24.7 Å². The summed E-state index contributed by atoms with van der Waals surface area (Å²) in [5, 5.41) is 8.85. The molecule has 4 aromatic heterocycles. The van der Waals surface area contributed by atoms with E-state index in [1.165, 1.54) is 0 Å². The Balaban J connectivity index is 1.45. The van der Waals surface area contributed by atoms with Gasteiger partial charge in [-0.15, -0.1) is 0 Å². The van der Waals surface area contributed by atoms with Gasteiger partial charge in [0.1, 0.15) is 5.82 Å². The Morgan fingerprint density at radius 2 is 1.90 bits per heavy atom. The van der Waals surface area contributed by atoms with Gasteiger partial charge in [-0.25, -0.2) is 9.97 Å². The molecule has 29 heavy (non-hydrogen) atoms. The summed E-state index contributed by atoms with van der Waals surface area (Å²) in [6.07, 6.45) is 7.11. The van der Waals surface area contributed by atoms with Crippen molar-refractivity contribution < 1.29 is 4.79 Å². The van der Waals surface area contributed by atoms with Crippen molar-refractivity contribution in [2.24, 2.45) is 7.05 Å². The fourth-order valence-corrected chi connectivity index (χ4v) is 3.20. The van der Waals surface area contributed by atoms with Crippen LogP contribution in [-0.2, 0) is 7.05 Å². The zero-order valence-corrected chi connectivity index (χ0v) is 15.6. The van der Waals surface area contributed by atoms with Crippen molar-refractivity contribution >= 4 is 33.5 Å². The first-order valence-electron chi connectivity index (χ1n) is 9.08. The fourth-order valence-electron chi connectivity index (χ4n) is 3.20. The van der Waals surface area contributed by atoms with E-state index in [9.17, 15) is 4.79 Å². The van der Waals surface area contributed by atoms with Crippen LogP contribution in [-0.4, -0.2) is 30.6 Å². The average molecular weight is 380 g/mol. The maximum atomic E-state index is 12.7. The van der Waals surface area contributed by atoms with Crippen LogP contribution in [0.4, 0.5) is 5.82 Å². The molecule has 0 radical (unpaired) electrons. The summed E-state index contributed by atoms with van der Waals surface area (Å²) in [4.78, 5) is 26.0. The second-order valence-corrected chi connectivity index (χ2v) is 6.73. The first-order chi connectivity index (χ1) is 14.2. The third kappa shape index (κ3) is 3.29. The Bertz CT molecular complexity index is 1370. The van der Waals surface area contributed by atoms with E-state index in [0.717, 1.165) is 33.1 Å². The normalized spacial score (nSPS) is 11.1. The number of carbonyl (C=O) groups is 1. The summed E-state index contributed by atoms with van der Waals surface area (Å²) in [7, 11) is 1.87. The van der Waals surface area contributed by atoms with Crippen LogP contribution in [0.5, 0.6) is 0 Å². The summed E-state index contributed by atoms with van der Waals surface area (Å²) >= 11 is 0. The molecule has 1 N–H and O–H groups in total. The molecule has 1 aromatic carbocycles. The topological polar surface area (TPSA) is 85.6 Å². The number of aromatic nitrogens is 5. The summed E-state index contributed by atoms with van der Waals surface area (Å²) in [5.41, 5.74) is 3.89. The highest BCUT2D eigenvalue weighted by Crippen LogP contribution is 2.22. The zero-order chi connectivity index (χ0) is 19.8. The van der Waals surface area contributed by atoms with E-state index in [2.05, 4.69) is 25.4 Å². The smallest absolute Gasteiger partial charge is 0.256 e. The van der Waals surface area contributed by atoms with Crippen molar-refractivity contribution in [2.75, 3.05) is 5.32 Å². The first-order valence-corrected chi connectivity index (χ1v) is 9.08. The van der Waals surface area contributed by atoms with Crippen molar-refractivity contribution in [3.05, 3.63) is 78.9 Å². The minimum Gasteiger partial charge on any atom is -0.307 e. The molecule has 0 spiro atoms. The Labute approximate surface area is 166 Å². The summed E-state index contributed by atoms with van der Waals surface area (Å²) < 4.78 is 1.73. The van der Waals surface area contributed by atoms with Crippen LogP contribution in [0.2, 0.25) is 0 Å². The molecule has 1 amide bonds. The zero-order valence-electron chi connectivity index (χ0n) is 15.6. The van der Waals surface area contributed by atoms with E-state index < -0.39 is 0 Å². The van der Waals surface area contributed by atoms with E-state index in [0.29, 0.717) is 11.4 Å². The molecule has 0 saturated heterocycles. The number of fused-ring (bicyclic) bond motifs is 2. The van der Waals surface area contributed by atoms with Crippen LogP contribution in [0.1, 0.15) is 10.4 Å². The molecule has 7 heteroatoms. The number of nitrogens with zero attached hydrogens (tertiary/aromatic N) is 5. The fraction of sp³-hybridized carbons (Fsp3) is 0.0455. The van der Waals surface area contributed by atoms with E-state index in [1.807, 2.05) is 49.6 Å². The van der Waals surface area contributed by atoms with Gasteiger partial charge < -0.3 is 5.32 Å². The number of benzene rings is 1. The van der Waals surface area contributed by atoms with E-state index in [1.54, 1.807) is 35.4 Å². The molecule has 0 fully saturated rings. The third-order valence-corrected chi connectivity index (χ3v) is 4.68. The predicted molar refractivity (Wildman–Crippen MR) is 111 cm³/mol. The van der Waals surface area contributed by atoms with Gasteiger partial charge in [0.25, 0.3) is 5.91 Å². The molecule has 0 unspecified atom stereocenters. The minimum absolute atomic E-state index is 0.231. The molecule has 140 valence electrons. The van der Waals surface area contributed by atoms with Gasteiger partial charge in [0.15, 0.2) is 0 Å². The lowest BCUT2D eigenvalue weighted by atomic mass is 10.1. The average Bonchev–Trinajstić information content (AvgIpc) is 3.19. The molecular formula is C22H16N6O. The number of rotatable bonds is 3. The van der Waals surface area contributed by atoms with Gasteiger partial charge in [0.05, 0.1) is 22.9 Å². The summed E-state index contributed by atoms with van der Waals surface area (Å²) in [5.74, 6) is 0.218. The second-order valence-electron chi connectivity index (χ2n) is 6.73. The lowest BCUT2D eigenvalue weighted by Crippen LogP contribution is -2.12. The number of amides is 1. The quantitative estimate of drug-likeness (QED) is 0.514. The highest BCUT2D eigenvalue weighted by molar-refractivity contribution is 6.06. The van der Waals surface area contributed by atoms with Gasteiger partial charge >= 0.3 is 0 Å². The predicted octanol–water partition coefficient (Wildman–Crippen LogP) is 3.83. The van der Waals surface area contributed by atoms with Gasteiger partial charge in [0, 0.05) is 53.6 Å². The van der Waals surface area contributed by atoms with Gasteiger partial charge in [-0.3, -0.25) is 14.5 Å². The molecule has 7 nitrogen and oxygen atoms in total. The molecule has 5 rings (SSSR count). The van der Waals surface area contributed by atoms with Crippen LogP contribution in [0, 0.1) is 0 Å². The van der Waals surface area contributed by atoms with Gasteiger partial charge in [-0.1, -0.05) is 6.07 Å². The van der Waals surface area contributed by atoms with Gasteiger partial charge in [0.2, 0.25) is 0 Å². The molecule has 0 bridgehead atoms. The van der Waals surface area contributed by atoms with E-state index >= 15 is 0 Å². The lowest BCUT2D eigenvalue weighted by molar-refractivity contribution is 0.102. The minimum atomic E-state index is -0.231. The van der Waals surface area contributed by atoms with Crippen molar-refractivity contribution in [3.63, 3.8) is 0 Å². The Morgan fingerprint density at radius 1 is 0.966 bits per heavy atom. The van der Waals surface area contributed by atoms with Crippen molar-refractivity contribution in [2.45, 2.75) is 0 Å². The molecule has 0 aliphatic heterocycles. The van der Waals surface area contributed by atoms with Crippen LogP contribution < -0.4 is 5.32 Å².